The molecule has 1 aromatic rings. The largest absolute Gasteiger partial charge is 0.481 e. The summed E-state index contributed by atoms with van der Waals surface area (Å²) in [5, 5.41) is 13.2. The molecule has 21 heavy (non-hydrogen) atoms. The third kappa shape index (κ3) is 3.12. The van der Waals surface area contributed by atoms with Crippen LogP contribution in [0.3, 0.4) is 0 Å². The SMILES string of the molecule is CCCn1nc(C(=O)N2C[C@@H](C)[C@H](C(=O)O)C2)ccc1=O. The Hall–Kier alpha value is -2.18. The minimum Gasteiger partial charge on any atom is -0.481 e. The Labute approximate surface area is 122 Å². The van der Waals surface area contributed by atoms with Crippen LogP contribution in [0, 0.1) is 11.8 Å². The quantitative estimate of drug-likeness (QED) is 0.870. The van der Waals surface area contributed by atoms with Crippen molar-refractivity contribution in [1.82, 2.24) is 14.7 Å². The van der Waals surface area contributed by atoms with E-state index in [4.69, 9.17) is 5.11 Å². The van der Waals surface area contributed by atoms with Crippen LogP contribution in [-0.2, 0) is 11.3 Å². The molecule has 0 aromatic carbocycles. The lowest BCUT2D eigenvalue weighted by molar-refractivity contribution is -0.142. The summed E-state index contributed by atoms with van der Waals surface area (Å²) in [5.74, 6) is -1.85. The van der Waals surface area contributed by atoms with E-state index >= 15 is 0 Å². The number of aromatic nitrogens is 2. The zero-order valence-corrected chi connectivity index (χ0v) is 12.2. The van der Waals surface area contributed by atoms with Gasteiger partial charge in [0.2, 0.25) is 0 Å². The topological polar surface area (TPSA) is 92.5 Å². The monoisotopic (exact) mass is 293 g/mol. The maximum absolute atomic E-state index is 12.4. The number of hydrogen-bond acceptors (Lipinski definition) is 4. The van der Waals surface area contributed by atoms with E-state index < -0.39 is 11.9 Å². The average Bonchev–Trinajstić information content (AvgIpc) is 2.83. The summed E-state index contributed by atoms with van der Waals surface area (Å²) in [6.45, 7) is 4.77. The number of carbonyl (C=O) groups excluding carboxylic acids is 1. The van der Waals surface area contributed by atoms with Crippen molar-refractivity contribution in [2.24, 2.45) is 11.8 Å². The number of carboxylic acid groups (broad SMARTS) is 1. The molecule has 0 unspecified atom stereocenters. The zero-order chi connectivity index (χ0) is 15.6. The highest BCUT2D eigenvalue weighted by Gasteiger charge is 2.37. The van der Waals surface area contributed by atoms with E-state index in [9.17, 15) is 14.4 Å². The van der Waals surface area contributed by atoms with Gasteiger partial charge in [0.1, 0.15) is 5.69 Å². The van der Waals surface area contributed by atoms with Gasteiger partial charge < -0.3 is 10.0 Å². The predicted octanol–water partition coefficient (Wildman–Crippen LogP) is 0.446. The molecule has 0 aliphatic carbocycles. The van der Waals surface area contributed by atoms with Crippen molar-refractivity contribution in [1.29, 1.82) is 0 Å². The number of hydrogen-bond donors (Lipinski definition) is 1. The van der Waals surface area contributed by atoms with Crippen LogP contribution in [-0.4, -0.2) is 44.8 Å². The van der Waals surface area contributed by atoms with Gasteiger partial charge in [0.25, 0.3) is 11.5 Å². The Bertz CT molecular complexity index is 610. The van der Waals surface area contributed by atoms with E-state index in [1.54, 1.807) is 0 Å². The first kappa shape index (κ1) is 15.2. The van der Waals surface area contributed by atoms with Gasteiger partial charge in [0, 0.05) is 25.7 Å². The molecule has 2 atom stereocenters. The molecule has 1 saturated heterocycles. The van der Waals surface area contributed by atoms with E-state index in [1.165, 1.54) is 21.7 Å². The molecular weight excluding hydrogens is 274 g/mol. The van der Waals surface area contributed by atoms with Gasteiger partial charge in [-0.2, -0.15) is 5.10 Å². The lowest BCUT2D eigenvalue weighted by atomic mass is 9.99. The molecule has 114 valence electrons. The molecule has 2 heterocycles. The lowest BCUT2D eigenvalue weighted by Crippen LogP contribution is -2.33. The van der Waals surface area contributed by atoms with E-state index in [0.717, 1.165) is 6.42 Å². The van der Waals surface area contributed by atoms with Crippen LogP contribution in [0.5, 0.6) is 0 Å². The van der Waals surface area contributed by atoms with Gasteiger partial charge in [0.15, 0.2) is 0 Å². The van der Waals surface area contributed by atoms with E-state index in [-0.39, 0.29) is 29.6 Å². The highest BCUT2D eigenvalue weighted by atomic mass is 16.4. The molecule has 1 aliphatic heterocycles. The van der Waals surface area contributed by atoms with Gasteiger partial charge in [-0.25, -0.2) is 4.68 Å². The second kappa shape index (κ2) is 6.07. The molecule has 0 bridgehead atoms. The fourth-order valence-electron chi connectivity index (χ4n) is 2.55. The molecule has 1 amide bonds. The van der Waals surface area contributed by atoms with Crippen molar-refractivity contribution in [3.05, 3.63) is 28.2 Å². The molecule has 1 fully saturated rings. The van der Waals surface area contributed by atoms with Crippen molar-refractivity contribution >= 4 is 11.9 Å². The van der Waals surface area contributed by atoms with E-state index in [2.05, 4.69) is 5.10 Å². The fraction of sp³-hybridized carbons (Fsp3) is 0.571. The number of rotatable bonds is 4. The van der Waals surface area contributed by atoms with Crippen LogP contribution in [0.4, 0.5) is 0 Å². The van der Waals surface area contributed by atoms with Gasteiger partial charge >= 0.3 is 5.97 Å². The molecular formula is C14H19N3O4. The van der Waals surface area contributed by atoms with Crippen LogP contribution in [0.1, 0.15) is 30.8 Å². The maximum atomic E-state index is 12.4. The third-order valence-corrected chi connectivity index (χ3v) is 3.74. The Morgan fingerprint density at radius 2 is 2.10 bits per heavy atom. The second-order valence-electron chi connectivity index (χ2n) is 5.41. The first-order chi connectivity index (χ1) is 9.93. The predicted molar refractivity (Wildman–Crippen MR) is 75.0 cm³/mol. The second-order valence-corrected chi connectivity index (χ2v) is 5.41. The van der Waals surface area contributed by atoms with Gasteiger partial charge in [-0.3, -0.25) is 14.4 Å². The molecule has 7 heteroatoms. The maximum Gasteiger partial charge on any atom is 0.308 e. The molecule has 7 nitrogen and oxygen atoms in total. The van der Waals surface area contributed by atoms with Gasteiger partial charge in [-0.1, -0.05) is 13.8 Å². The lowest BCUT2D eigenvalue weighted by Gasteiger charge is -2.15. The number of likely N-dealkylation sites (tertiary alicyclic amines) is 1. The standard InChI is InChI=1S/C14H19N3O4/c1-3-6-17-12(18)5-4-11(15-17)13(19)16-7-9(2)10(8-16)14(20)21/h4-5,9-10H,3,6-8H2,1-2H3,(H,20,21)/t9-,10-/m1/s1. The molecule has 1 N–H and O–H groups in total. The summed E-state index contributed by atoms with van der Waals surface area (Å²) in [7, 11) is 0. The molecule has 0 radical (unpaired) electrons. The first-order valence-corrected chi connectivity index (χ1v) is 7.04. The van der Waals surface area contributed by atoms with Crippen molar-refractivity contribution in [2.75, 3.05) is 13.1 Å². The number of carbonyl (C=O) groups is 2. The van der Waals surface area contributed by atoms with E-state index in [0.29, 0.717) is 13.1 Å². The molecule has 1 aromatic heterocycles. The van der Waals surface area contributed by atoms with Gasteiger partial charge in [0.05, 0.1) is 5.92 Å². The zero-order valence-electron chi connectivity index (χ0n) is 12.2. The summed E-state index contributed by atoms with van der Waals surface area (Å²) in [6.07, 6.45) is 0.742. The first-order valence-electron chi connectivity index (χ1n) is 7.04. The number of aliphatic carboxylic acids is 1. The van der Waals surface area contributed by atoms with Crippen LogP contribution in [0.25, 0.3) is 0 Å². The van der Waals surface area contributed by atoms with Gasteiger partial charge in [-0.05, 0) is 18.4 Å². The van der Waals surface area contributed by atoms with Gasteiger partial charge in [-0.15, -0.1) is 0 Å². The minimum atomic E-state index is -0.887. The molecule has 1 aliphatic rings. The Morgan fingerprint density at radius 1 is 1.38 bits per heavy atom. The van der Waals surface area contributed by atoms with Crippen molar-refractivity contribution < 1.29 is 14.7 Å². The number of nitrogens with zero attached hydrogens (tertiary/aromatic N) is 3. The number of carboxylic acids is 1. The Morgan fingerprint density at radius 3 is 2.67 bits per heavy atom. The van der Waals surface area contributed by atoms with Crippen LogP contribution in [0.15, 0.2) is 16.9 Å². The molecule has 0 saturated carbocycles. The van der Waals surface area contributed by atoms with E-state index in [1.807, 2.05) is 13.8 Å². The summed E-state index contributed by atoms with van der Waals surface area (Å²) in [4.78, 5) is 36.6. The number of aryl methyl sites for hydroxylation is 1. The third-order valence-electron chi connectivity index (χ3n) is 3.74. The number of amides is 1. The fourth-order valence-corrected chi connectivity index (χ4v) is 2.55. The Balaban J connectivity index is 2.19. The minimum absolute atomic E-state index is 0.0898. The van der Waals surface area contributed by atoms with Crippen molar-refractivity contribution in [3.8, 4) is 0 Å². The Kier molecular flexibility index (Phi) is 4.40. The van der Waals surface area contributed by atoms with Crippen LogP contribution >= 0.6 is 0 Å². The summed E-state index contributed by atoms with van der Waals surface area (Å²) in [5.41, 5.74) is -0.0621. The summed E-state index contributed by atoms with van der Waals surface area (Å²) in [6, 6.07) is 2.72. The van der Waals surface area contributed by atoms with Crippen molar-refractivity contribution in [3.63, 3.8) is 0 Å². The smallest absolute Gasteiger partial charge is 0.308 e. The summed E-state index contributed by atoms with van der Waals surface area (Å²) < 4.78 is 1.27. The highest BCUT2D eigenvalue weighted by molar-refractivity contribution is 5.92. The summed E-state index contributed by atoms with van der Waals surface area (Å²) >= 11 is 0. The van der Waals surface area contributed by atoms with Crippen molar-refractivity contribution in [2.45, 2.75) is 26.8 Å². The highest BCUT2D eigenvalue weighted by Crippen LogP contribution is 2.24. The molecule has 2 rings (SSSR count). The normalized spacial score (nSPS) is 21.5. The molecule has 0 spiro atoms. The van der Waals surface area contributed by atoms with Crippen LogP contribution in [0.2, 0.25) is 0 Å². The average molecular weight is 293 g/mol. The van der Waals surface area contributed by atoms with Crippen LogP contribution < -0.4 is 5.56 Å².